The van der Waals surface area contributed by atoms with E-state index < -0.39 is 0 Å². The first-order valence-corrected chi connectivity index (χ1v) is 7.82. The van der Waals surface area contributed by atoms with Crippen LogP contribution in [0.1, 0.15) is 12.5 Å². The fourth-order valence-electron chi connectivity index (χ4n) is 1.94. The predicted molar refractivity (Wildman–Crippen MR) is 98.3 cm³/mol. The molecule has 0 heterocycles. The van der Waals surface area contributed by atoms with Crippen molar-refractivity contribution in [3.8, 4) is 0 Å². The summed E-state index contributed by atoms with van der Waals surface area (Å²) in [4.78, 5) is 11.8. The molecule has 0 fully saturated rings. The molecule has 2 aromatic rings. The van der Waals surface area contributed by atoms with E-state index in [1.807, 2.05) is 48.5 Å². The van der Waals surface area contributed by atoms with Crippen molar-refractivity contribution in [2.45, 2.75) is 13.3 Å². The van der Waals surface area contributed by atoms with E-state index >= 15 is 0 Å². The number of nitrogens with one attached hydrogen (secondary N) is 4. The van der Waals surface area contributed by atoms with E-state index in [1.54, 1.807) is 0 Å². The summed E-state index contributed by atoms with van der Waals surface area (Å²) in [5.74, 6) is -0.208. The third-order valence-corrected chi connectivity index (χ3v) is 3.34. The Hall–Kier alpha value is -2.60. The van der Waals surface area contributed by atoms with Crippen molar-refractivity contribution in [2.75, 3.05) is 17.2 Å². The van der Waals surface area contributed by atoms with E-state index in [0.29, 0.717) is 5.11 Å². The van der Waals surface area contributed by atoms with E-state index in [0.717, 1.165) is 17.8 Å². The Labute approximate surface area is 141 Å². The second-order valence-electron chi connectivity index (χ2n) is 4.90. The molecule has 2 aromatic carbocycles. The topological polar surface area (TPSA) is 65.2 Å². The SMILES string of the molecule is CCc1cccc(NC(=S)NNC(=O)CNc2ccccc2)c1. The zero-order chi connectivity index (χ0) is 16.5. The quantitative estimate of drug-likeness (QED) is 0.502. The minimum Gasteiger partial charge on any atom is -0.376 e. The van der Waals surface area contributed by atoms with Crippen LogP contribution in [0.3, 0.4) is 0 Å². The molecule has 1 amide bonds. The van der Waals surface area contributed by atoms with Gasteiger partial charge in [-0.2, -0.15) is 0 Å². The van der Waals surface area contributed by atoms with E-state index in [4.69, 9.17) is 12.2 Å². The smallest absolute Gasteiger partial charge is 0.257 e. The molecule has 0 saturated carbocycles. The monoisotopic (exact) mass is 328 g/mol. The van der Waals surface area contributed by atoms with Crippen LogP contribution in [0.15, 0.2) is 54.6 Å². The molecule has 2 rings (SSSR count). The number of aryl methyl sites for hydroxylation is 1. The molecule has 5 nitrogen and oxygen atoms in total. The summed E-state index contributed by atoms with van der Waals surface area (Å²) in [6.45, 7) is 2.25. The minimum atomic E-state index is -0.208. The molecule has 23 heavy (non-hydrogen) atoms. The average molecular weight is 328 g/mol. The Morgan fingerprint density at radius 3 is 2.48 bits per heavy atom. The molecule has 0 unspecified atom stereocenters. The fourth-order valence-corrected chi connectivity index (χ4v) is 2.11. The number of hydrogen-bond donors (Lipinski definition) is 4. The third-order valence-electron chi connectivity index (χ3n) is 3.14. The van der Waals surface area contributed by atoms with E-state index in [1.165, 1.54) is 5.56 Å². The van der Waals surface area contributed by atoms with Crippen LogP contribution < -0.4 is 21.5 Å². The lowest BCUT2D eigenvalue weighted by molar-refractivity contribution is -0.119. The van der Waals surface area contributed by atoms with Gasteiger partial charge in [0.25, 0.3) is 5.91 Å². The molecule has 0 aliphatic rings. The van der Waals surface area contributed by atoms with Crippen LogP contribution in [0, 0.1) is 0 Å². The van der Waals surface area contributed by atoms with E-state index in [-0.39, 0.29) is 12.5 Å². The molecular formula is C17H20N4OS. The Kier molecular flexibility index (Phi) is 6.38. The number of rotatable bonds is 5. The van der Waals surface area contributed by atoms with Crippen molar-refractivity contribution in [1.29, 1.82) is 0 Å². The molecule has 4 N–H and O–H groups in total. The summed E-state index contributed by atoms with van der Waals surface area (Å²) in [6, 6.07) is 17.5. The van der Waals surface area contributed by atoms with E-state index in [9.17, 15) is 4.79 Å². The highest BCUT2D eigenvalue weighted by Gasteiger charge is 2.02. The number of para-hydroxylation sites is 1. The molecule has 120 valence electrons. The first-order valence-electron chi connectivity index (χ1n) is 7.41. The van der Waals surface area contributed by atoms with Crippen molar-refractivity contribution in [2.24, 2.45) is 0 Å². The van der Waals surface area contributed by atoms with Gasteiger partial charge in [0.05, 0.1) is 6.54 Å². The number of carbonyl (C=O) groups excluding carboxylic acids is 1. The van der Waals surface area contributed by atoms with Gasteiger partial charge in [0.1, 0.15) is 0 Å². The standard InChI is InChI=1S/C17H20N4OS/c1-2-13-7-6-10-15(11-13)19-17(23)21-20-16(22)12-18-14-8-4-3-5-9-14/h3-11,18H,2,12H2,1H3,(H,20,22)(H2,19,21,23). The summed E-state index contributed by atoms with van der Waals surface area (Å²) in [7, 11) is 0. The summed E-state index contributed by atoms with van der Waals surface area (Å²) in [6.07, 6.45) is 0.956. The maximum Gasteiger partial charge on any atom is 0.257 e. The van der Waals surface area contributed by atoms with Crippen molar-refractivity contribution < 1.29 is 4.79 Å². The number of hydrogen-bond acceptors (Lipinski definition) is 3. The number of anilines is 2. The van der Waals surface area contributed by atoms with Crippen molar-refractivity contribution in [3.05, 3.63) is 60.2 Å². The first kappa shape index (κ1) is 16.8. The van der Waals surface area contributed by atoms with Gasteiger partial charge in [-0.25, -0.2) is 0 Å². The van der Waals surface area contributed by atoms with Crippen molar-refractivity contribution in [1.82, 2.24) is 10.9 Å². The van der Waals surface area contributed by atoms with Gasteiger partial charge in [-0.05, 0) is 48.5 Å². The zero-order valence-corrected chi connectivity index (χ0v) is 13.7. The molecule has 0 spiro atoms. The number of benzene rings is 2. The summed E-state index contributed by atoms with van der Waals surface area (Å²) < 4.78 is 0. The number of carbonyl (C=O) groups is 1. The normalized spacial score (nSPS) is 9.78. The van der Waals surface area contributed by atoms with Crippen LogP contribution in [0.4, 0.5) is 11.4 Å². The second-order valence-corrected chi connectivity index (χ2v) is 5.31. The Bertz CT molecular complexity index is 661. The highest BCUT2D eigenvalue weighted by atomic mass is 32.1. The fraction of sp³-hybridized carbons (Fsp3) is 0.176. The van der Waals surface area contributed by atoms with E-state index in [2.05, 4.69) is 34.5 Å². The Morgan fingerprint density at radius 1 is 1.00 bits per heavy atom. The molecule has 0 radical (unpaired) electrons. The summed E-state index contributed by atoms with van der Waals surface area (Å²) >= 11 is 5.15. The van der Waals surface area contributed by atoms with Gasteiger partial charge in [0.2, 0.25) is 0 Å². The Balaban J connectivity index is 1.72. The molecule has 0 atom stereocenters. The lowest BCUT2D eigenvalue weighted by atomic mass is 10.1. The van der Waals surface area contributed by atoms with Crippen LogP contribution in [0.25, 0.3) is 0 Å². The molecule has 0 bridgehead atoms. The lowest BCUT2D eigenvalue weighted by Gasteiger charge is -2.12. The van der Waals surface area contributed by atoms with Gasteiger partial charge in [0, 0.05) is 11.4 Å². The van der Waals surface area contributed by atoms with Crippen LogP contribution in [0.5, 0.6) is 0 Å². The van der Waals surface area contributed by atoms with Gasteiger partial charge in [-0.3, -0.25) is 15.6 Å². The summed E-state index contributed by atoms with van der Waals surface area (Å²) in [5.41, 5.74) is 8.22. The lowest BCUT2D eigenvalue weighted by Crippen LogP contribution is -2.45. The van der Waals surface area contributed by atoms with Gasteiger partial charge < -0.3 is 10.6 Å². The van der Waals surface area contributed by atoms with Crippen molar-refractivity contribution >= 4 is 34.6 Å². The molecule has 0 aromatic heterocycles. The molecule has 6 heteroatoms. The third kappa shape index (κ3) is 5.96. The minimum absolute atomic E-state index is 0.158. The van der Waals surface area contributed by atoms with Gasteiger partial charge in [-0.1, -0.05) is 37.3 Å². The molecular weight excluding hydrogens is 308 g/mol. The van der Waals surface area contributed by atoms with Crippen LogP contribution in [-0.4, -0.2) is 17.6 Å². The Morgan fingerprint density at radius 2 is 1.74 bits per heavy atom. The van der Waals surface area contributed by atoms with Gasteiger partial charge >= 0.3 is 0 Å². The summed E-state index contributed by atoms with van der Waals surface area (Å²) in [5, 5.41) is 6.39. The van der Waals surface area contributed by atoms with Crippen LogP contribution >= 0.6 is 12.2 Å². The number of thiocarbonyl (C=S) groups is 1. The predicted octanol–water partition coefficient (Wildman–Crippen LogP) is 2.68. The average Bonchev–Trinajstić information content (AvgIpc) is 2.59. The molecule has 0 aliphatic heterocycles. The first-order chi connectivity index (χ1) is 11.2. The highest BCUT2D eigenvalue weighted by molar-refractivity contribution is 7.80. The van der Waals surface area contributed by atoms with Gasteiger partial charge in [-0.15, -0.1) is 0 Å². The molecule has 0 aliphatic carbocycles. The van der Waals surface area contributed by atoms with Gasteiger partial charge in [0.15, 0.2) is 5.11 Å². The highest BCUT2D eigenvalue weighted by Crippen LogP contribution is 2.10. The zero-order valence-electron chi connectivity index (χ0n) is 12.9. The number of amides is 1. The largest absolute Gasteiger partial charge is 0.376 e. The van der Waals surface area contributed by atoms with Crippen LogP contribution in [0.2, 0.25) is 0 Å². The van der Waals surface area contributed by atoms with Crippen molar-refractivity contribution in [3.63, 3.8) is 0 Å². The number of hydrazine groups is 1. The van der Waals surface area contributed by atoms with Crippen LogP contribution in [-0.2, 0) is 11.2 Å². The second kappa shape index (κ2) is 8.75. The maximum absolute atomic E-state index is 11.8. The maximum atomic E-state index is 11.8. The molecule has 0 saturated heterocycles.